The van der Waals surface area contributed by atoms with Crippen molar-refractivity contribution in [1.82, 2.24) is 4.98 Å². The monoisotopic (exact) mass is 274 g/mol. The molecule has 3 aromatic rings. The van der Waals surface area contributed by atoms with E-state index < -0.39 is 0 Å². The molecule has 104 valence electrons. The molecule has 1 heteroatoms. The van der Waals surface area contributed by atoms with E-state index in [1.165, 1.54) is 11.1 Å². The Morgan fingerprint density at radius 2 is 1.62 bits per heavy atom. The van der Waals surface area contributed by atoms with Crippen LogP contribution in [-0.2, 0) is 6.40 Å². The number of aromatic nitrogens is 1. The predicted molar refractivity (Wildman–Crippen MR) is 89.1 cm³/mol. The van der Waals surface area contributed by atoms with Gasteiger partial charge in [-0.05, 0) is 41.3 Å². The van der Waals surface area contributed by atoms with Crippen LogP contribution < -0.4 is 0 Å². The molecule has 0 spiro atoms. The molecule has 1 aromatic heterocycles. The first-order valence-corrected chi connectivity index (χ1v) is 7.32. The van der Waals surface area contributed by atoms with E-state index in [2.05, 4.69) is 41.4 Å². The SMILES string of the molecule is [2H]C(CC)c1ccnc(-c2cccc(-c3ccccc3)c2)c1. The van der Waals surface area contributed by atoms with Gasteiger partial charge in [0.15, 0.2) is 0 Å². The van der Waals surface area contributed by atoms with Gasteiger partial charge in [-0.2, -0.15) is 0 Å². The zero-order valence-electron chi connectivity index (χ0n) is 13.2. The Hall–Kier alpha value is -2.41. The van der Waals surface area contributed by atoms with Crippen molar-refractivity contribution in [3.05, 3.63) is 78.5 Å². The molecule has 3 rings (SSSR count). The van der Waals surface area contributed by atoms with Crippen LogP contribution >= 0.6 is 0 Å². The molecule has 0 aliphatic carbocycles. The van der Waals surface area contributed by atoms with Gasteiger partial charge in [-0.15, -0.1) is 0 Å². The third-order valence-electron chi connectivity index (χ3n) is 3.49. The Kier molecular flexibility index (Phi) is 3.74. The van der Waals surface area contributed by atoms with E-state index in [1.807, 2.05) is 37.3 Å². The summed E-state index contributed by atoms with van der Waals surface area (Å²) in [6.07, 6.45) is 2.43. The molecule has 1 nitrogen and oxygen atoms in total. The summed E-state index contributed by atoms with van der Waals surface area (Å²) >= 11 is 0. The van der Waals surface area contributed by atoms with Crippen LogP contribution in [0.15, 0.2) is 72.9 Å². The summed E-state index contributed by atoms with van der Waals surface area (Å²) in [4.78, 5) is 4.48. The minimum Gasteiger partial charge on any atom is -0.256 e. The lowest BCUT2D eigenvalue weighted by Gasteiger charge is -2.07. The van der Waals surface area contributed by atoms with Crippen molar-refractivity contribution in [2.75, 3.05) is 0 Å². The second kappa shape index (κ2) is 6.36. The van der Waals surface area contributed by atoms with Gasteiger partial charge in [-0.3, -0.25) is 4.98 Å². The fraction of sp³-hybridized carbons (Fsp3) is 0.150. The first-order valence-electron chi connectivity index (χ1n) is 7.89. The predicted octanol–water partition coefficient (Wildman–Crippen LogP) is 5.37. The minimum atomic E-state index is -0.181. The van der Waals surface area contributed by atoms with Crippen molar-refractivity contribution in [2.45, 2.75) is 19.7 Å². The van der Waals surface area contributed by atoms with E-state index in [0.717, 1.165) is 23.2 Å². The van der Waals surface area contributed by atoms with Crippen molar-refractivity contribution in [1.29, 1.82) is 0 Å². The molecule has 0 saturated carbocycles. The molecule has 0 saturated heterocycles. The van der Waals surface area contributed by atoms with Crippen molar-refractivity contribution in [3.63, 3.8) is 0 Å². The molecule has 0 amide bonds. The molecule has 0 fully saturated rings. The van der Waals surface area contributed by atoms with Gasteiger partial charge in [0.25, 0.3) is 0 Å². The van der Waals surface area contributed by atoms with E-state index in [9.17, 15) is 0 Å². The first kappa shape index (κ1) is 12.3. The van der Waals surface area contributed by atoms with Gasteiger partial charge in [-0.25, -0.2) is 0 Å². The zero-order valence-corrected chi connectivity index (χ0v) is 12.2. The summed E-state index contributed by atoms with van der Waals surface area (Å²) in [6.45, 7) is 2.04. The molecule has 0 radical (unpaired) electrons. The van der Waals surface area contributed by atoms with Crippen LogP contribution in [0.2, 0.25) is 0 Å². The molecule has 0 aliphatic heterocycles. The quantitative estimate of drug-likeness (QED) is 0.623. The molecule has 1 heterocycles. The highest BCUT2D eigenvalue weighted by molar-refractivity contribution is 5.71. The lowest BCUT2D eigenvalue weighted by Crippen LogP contribution is -1.89. The maximum absolute atomic E-state index is 8.07. The average Bonchev–Trinajstić information content (AvgIpc) is 2.62. The highest BCUT2D eigenvalue weighted by atomic mass is 14.7. The van der Waals surface area contributed by atoms with Crippen LogP contribution in [0.25, 0.3) is 22.4 Å². The van der Waals surface area contributed by atoms with Gasteiger partial charge in [0.1, 0.15) is 0 Å². The number of hydrogen-bond donors (Lipinski definition) is 0. The standard InChI is InChI=1S/C20H19N/c1-2-7-16-12-13-21-20(14-16)19-11-6-10-18(15-19)17-8-4-3-5-9-17/h3-6,8-15H,2,7H2,1H3/i7D. The second-order valence-electron chi connectivity index (χ2n) is 5.03. The van der Waals surface area contributed by atoms with Crippen molar-refractivity contribution in [2.24, 2.45) is 0 Å². The number of rotatable bonds is 4. The Labute approximate surface area is 127 Å². The topological polar surface area (TPSA) is 12.9 Å². The van der Waals surface area contributed by atoms with Crippen LogP contribution in [0.5, 0.6) is 0 Å². The third-order valence-corrected chi connectivity index (χ3v) is 3.49. The average molecular weight is 274 g/mol. The lowest BCUT2D eigenvalue weighted by atomic mass is 10.0. The largest absolute Gasteiger partial charge is 0.256 e. The van der Waals surface area contributed by atoms with E-state index in [-0.39, 0.29) is 6.40 Å². The van der Waals surface area contributed by atoms with E-state index in [4.69, 9.17) is 1.37 Å². The van der Waals surface area contributed by atoms with Crippen LogP contribution in [0.1, 0.15) is 20.3 Å². The number of benzene rings is 2. The summed E-state index contributed by atoms with van der Waals surface area (Å²) in [5.74, 6) is 0. The normalized spacial score (nSPS) is 12.7. The minimum absolute atomic E-state index is 0.181. The van der Waals surface area contributed by atoms with Crippen LogP contribution in [0, 0.1) is 0 Å². The van der Waals surface area contributed by atoms with Gasteiger partial charge in [0.05, 0.1) is 5.69 Å². The first-order chi connectivity index (χ1) is 10.8. The van der Waals surface area contributed by atoms with Crippen molar-refractivity contribution >= 4 is 0 Å². The van der Waals surface area contributed by atoms with Gasteiger partial charge in [-0.1, -0.05) is 61.9 Å². The molecule has 2 aromatic carbocycles. The van der Waals surface area contributed by atoms with Crippen molar-refractivity contribution in [3.8, 4) is 22.4 Å². The van der Waals surface area contributed by atoms with E-state index >= 15 is 0 Å². The number of hydrogen-bond acceptors (Lipinski definition) is 1. The smallest absolute Gasteiger partial charge is 0.0704 e. The van der Waals surface area contributed by atoms with Crippen LogP contribution in [-0.4, -0.2) is 4.98 Å². The number of nitrogens with zero attached hydrogens (tertiary/aromatic N) is 1. The molecular formula is C20H19N. The highest BCUT2D eigenvalue weighted by Gasteiger charge is 2.03. The third kappa shape index (κ3) is 3.19. The highest BCUT2D eigenvalue weighted by Crippen LogP contribution is 2.25. The summed E-state index contributed by atoms with van der Waals surface area (Å²) < 4.78 is 8.07. The molecule has 0 N–H and O–H groups in total. The van der Waals surface area contributed by atoms with Gasteiger partial charge < -0.3 is 0 Å². The summed E-state index contributed by atoms with van der Waals surface area (Å²) in [5, 5.41) is 0. The fourth-order valence-electron chi connectivity index (χ4n) is 2.46. The number of aryl methyl sites for hydroxylation is 1. The maximum atomic E-state index is 8.07. The summed E-state index contributed by atoms with van der Waals surface area (Å²) in [5.41, 5.74) is 5.43. The summed E-state index contributed by atoms with van der Waals surface area (Å²) in [6, 6.07) is 22.7. The summed E-state index contributed by atoms with van der Waals surface area (Å²) in [7, 11) is 0. The molecule has 1 atom stereocenters. The van der Waals surface area contributed by atoms with Gasteiger partial charge in [0.2, 0.25) is 0 Å². The van der Waals surface area contributed by atoms with Gasteiger partial charge >= 0.3 is 0 Å². The number of pyridine rings is 1. The lowest BCUT2D eigenvalue weighted by molar-refractivity contribution is 0.919. The Bertz CT molecular complexity index is 752. The Morgan fingerprint density at radius 1 is 0.857 bits per heavy atom. The van der Waals surface area contributed by atoms with Gasteiger partial charge in [0, 0.05) is 13.1 Å². The Morgan fingerprint density at radius 3 is 2.43 bits per heavy atom. The molecule has 1 unspecified atom stereocenters. The molecule has 21 heavy (non-hydrogen) atoms. The molecular weight excluding hydrogens is 254 g/mol. The second-order valence-corrected chi connectivity index (χ2v) is 5.03. The zero-order chi connectivity index (χ0) is 15.4. The molecule has 0 aliphatic rings. The maximum Gasteiger partial charge on any atom is 0.0704 e. The van der Waals surface area contributed by atoms with E-state index in [1.54, 1.807) is 6.20 Å². The fourth-order valence-corrected chi connectivity index (χ4v) is 2.46. The van der Waals surface area contributed by atoms with E-state index in [0.29, 0.717) is 0 Å². The van der Waals surface area contributed by atoms with Crippen LogP contribution in [0.4, 0.5) is 0 Å². The Balaban J connectivity index is 1.99. The molecule has 0 bridgehead atoms. The van der Waals surface area contributed by atoms with Crippen molar-refractivity contribution < 1.29 is 1.37 Å². The van der Waals surface area contributed by atoms with Crippen LogP contribution in [0.3, 0.4) is 0 Å².